The Morgan fingerprint density at radius 1 is 1.12 bits per heavy atom. The minimum absolute atomic E-state index is 0.164. The zero-order valence-electron chi connectivity index (χ0n) is 8.97. The highest BCUT2D eigenvalue weighted by molar-refractivity contribution is 5.14. The molecule has 84 valence electrons. The maximum Gasteiger partial charge on any atom is 0.226 e. The van der Waals surface area contributed by atoms with Crippen LogP contribution in [0.2, 0.25) is 0 Å². The fraction of sp³-hybridized carbons (Fsp3) is 0.333. The maximum absolute atomic E-state index is 8.77. The molecular formula is C12H14N2O2. The van der Waals surface area contributed by atoms with Crippen LogP contribution in [-0.4, -0.2) is 15.2 Å². The van der Waals surface area contributed by atoms with E-state index in [1.54, 1.807) is 0 Å². The van der Waals surface area contributed by atoms with E-state index in [9.17, 15) is 0 Å². The SMILES string of the molecule is OCc1noc(CCCc2ccccc2)n1. The molecule has 1 N–H and O–H groups in total. The Bertz CT molecular complexity index is 426. The van der Waals surface area contributed by atoms with Crippen LogP contribution in [-0.2, 0) is 19.4 Å². The molecule has 2 aromatic rings. The largest absolute Gasteiger partial charge is 0.388 e. The Balaban J connectivity index is 1.80. The van der Waals surface area contributed by atoms with Crippen LogP contribution in [0.15, 0.2) is 34.9 Å². The van der Waals surface area contributed by atoms with Gasteiger partial charge < -0.3 is 9.63 Å². The Morgan fingerprint density at radius 2 is 1.94 bits per heavy atom. The number of aryl methyl sites for hydroxylation is 2. The van der Waals surface area contributed by atoms with E-state index in [0.29, 0.717) is 11.7 Å². The molecule has 0 aliphatic heterocycles. The molecule has 2 rings (SSSR count). The Morgan fingerprint density at radius 3 is 2.62 bits per heavy atom. The predicted octanol–water partition coefficient (Wildman–Crippen LogP) is 1.74. The topological polar surface area (TPSA) is 59.2 Å². The van der Waals surface area contributed by atoms with E-state index < -0.39 is 0 Å². The second-order valence-electron chi connectivity index (χ2n) is 3.60. The smallest absolute Gasteiger partial charge is 0.226 e. The molecule has 4 heteroatoms. The van der Waals surface area contributed by atoms with Crippen molar-refractivity contribution >= 4 is 0 Å². The van der Waals surface area contributed by atoms with Gasteiger partial charge in [0.15, 0.2) is 5.82 Å². The number of hydrogen-bond acceptors (Lipinski definition) is 4. The molecule has 0 fully saturated rings. The summed E-state index contributed by atoms with van der Waals surface area (Å²) in [5.41, 5.74) is 1.31. The second-order valence-corrected chi connectivity index (χ2v) is 3.60. The lowest BCUT2D eigenvalue weighted by atomic mass is 10.1. The molecule has 0 aliphatic carbocycles. The summed E-state index contributed by atoms with van der Waals surface area (Å²) < 4.78 is 4.97. The number of aliphatic hydroxyl groups excluding tert-OH is 1. The summed E-state index contributed by atoms with van der Waals surface area (Å²) in [5, 5.41) is 12.4. The van der Waals surface area contributed by atoms with Crippen LogP contribution in [0.25, 0.3) is 0 Å². The molecule has 0 radical (unpaired) electrons. The zero-order valence-corrected chi connectivity index (χ0v) is 8.97. The van der Waals surface area contributed by atoms with Crippen LogP contribution in [0.3, 0.4) is 0 Å². The van der Waals surface area contributed by atoms with E-state index in [1.807, 2.05) is 18.2 Å². The van der Waals surface area contributed by atoms with Gasteiger partial charge in [0, 0.05) is 6.42 Å². The lowest BCUT2D eigenvalue weighted by Crippen LogP contribution is -1.91. The van der Waals surface area contributed by atoms with E-state index in [2.05, 4.69) is 22.3 Å². The summed E-state index contributed by atoms with van der Waals surface area (Å²) in [4.78, 5) is 4.03. The third kappa shape index (κ3) is 2.90. The van der Waals surface area contributed by atoms with Gasteiger partial charge in [0.2, 0.25) is 5.89 Å². The second kappa shape index (κ2) is 5.42. The molecule has 1 heterocycles. The lowest BCUT2D eigenvalue weighted by Gasteiger charge is -1.97. The molecule has 0 unspecified atom stereocenters. The fourth-order valence-corrected chi connectivity index (χ4v) is 1.54. The van der Waals surface area contributed by atoms with Crippen molar-refractivity contribution in [1.82, 2.24) is 10.1 Å². The monoisotopic (exact) mass is 218 g/mol. The minimum atomic E-state index is -0.164. The van der Waals surface area contributed by atoms with Gasteiger partial charge in [0.1, 0.15) is 6.61 Å². The summed E-state index contributed by atoms with van der Waals surface area (Å²) >= 11 is 0. The average molecular weight is 218 g/mol. The number of rotatable bonds is 5. The lowest BCUT2D eigenvalue weighted by molar-refractivity contribution is 0.262. The summed E-state index contributed by atoms with van der Waals surface area (Å²) in [6, 6.07) is 10.3. The minimum Gasteiger partial charge on any atom is -0.388 e. The standard InChI is InChI=1S/C12H14N2O2/c15-9-11-13-12(16-14-11)8-4-7-10-5-2-1-3-6-10/h1-3,5-6,15H,4,7-9H2. The Hall–Kier alpha value is -1.68. The third-order valence-corrected chi connectivity index (χ3v) is 2.35. The number of aromatic nitrogens is 2. The van der Waals surface area contributed by atoms with Gasteiger partial charge in [-0.05, 0) is 18.4 Å². The van der Waals surface area contributed by atoms with Gasteiger partial charge in [-0.25, -0.2) is 0 Å². The molecule has 4 nitrogen and oxygen atoms in total. The number of benzene rings is 1. The van der Waals surface area contributed by atoms with Crippen LogP contribution in [0.5, 0.6) is 0 Å². The molecule has 0 aliphatic rings. The first-order valence-electron chi connectivity index (χ1n) is 5.35. The summed E-state index contributed by atoms with van der Waals surface area (Å²) in [5.74, 6) is 0.953. The first-order chi connectivity index (χ1) is 7.88. The van der Waals surface area contributed by atoms with Crippen LogP contribution >= 0.6 is 0 Å². The normalized spacial score (nSPS) is 10.6. The van der Waals surface area contributed by atoms with Crippen molar-refractivity contribution in [3.8, 4) is 0 Å². The molecule has 0 spiro atoms. The van der Waals surface area contributed by atoms with Crippen LogP contribution < -0.4 is 0 Å². The van der Waals surface area contributed by atoms with Gasteiger partial charge in [0.05, 0.1) is 0 Å². The summed E-state index contributed by atoms with van der Waals surface area (Å²) in [6.07, 6.45) is 2.72. The van der Waals surface area contributed by atoms with E-state index in [1.165, 1.54) is 5.56 Å². The summed E-state index contributed by atoms with van der Waals surface area (Å²) in [7, 11) is 0. The Kier molecular flexibility index (Phi) is 3.66. The van der Waals surface area contributed by atoms with Gasteiger partial charge in [-0.2, -0.15) is 4.98 Å². The highest BCUT2D eigenvalue weighted by Crippen LogP contribution is 2.06. The van der Waals surface area contributed by atoms with Crippen molar-refractivity contribution in [1.29, 1.82) is 0 Å². The van der Waals surface area contributed by atoms with Crippen LogP contribution in [0.1, 0.15) is 23.7 Å². The van der Waals surface area contributed by atoms with E-state index in [4.69, 9.17) is 9.63 Å². The van der Waals surface area contributed by atoms with Gasteiger partial charge in [-0.15, -0.1) is 0 Å². The predicted molar refractivity (Wildman–Crippen MR) is 58.7 cm³/mol. The fourth-order valence-electron chi connectivity index (χ4n) is 1.54. The highest BCUT2D eigenvalue weighted by atomic mass is 16.5. The average Bonchev–Trinajstić information content (AvgIpc) is 2.78. The number of hydrogen-bond donors (Lipinski definition) is 1. The maximum atomic E-state index is 8.77. The van der Waals surface area contributed by atoms with Crippen molar-refractivity contribution in [2.24, 2.45) is 0 Å². The summed E-state index contributed by atoms with van der Waals surface area (Å²) in [6.45, 7) is -0.164. The zero-order chi connectivity index (χ0) is 11.2. The molecule has 0 saturated heterocycles. The van der Waals surface area contributed by atoms with Gasteiger partial charge >= 0.3 is 0 Å². The molecule has 16 heavy (non-hydrogen) atoms. The molecule has 1 aromatic heterocycles. The molecule has 0 bridgehead atoms. The quantitative estimate of drug-likeness (QED) is 0.830. The third-order valence-electron chi connectivity index (χ3n) is 2.35. The van der Waals surface area contributed by atoms with E-state index in [-0.39, 0.29) is 6.61 Å². The van der Waals surface area contributed by atoms with E-state index in [0.717, 1.165) is 19.3 Å². The van der Waals surface area contributed by atoms with Crippen molar-refractivity contribution in [2.45, 2.75) is 25.9 Å². The molecular weight excluding hydrogens is 204 g/mol. The number of nitrogens with zero attached hydrogens (tertiary/aromatic N) is 2. The first-order valence-corrected chi connectivity index (χ1v) is 5.35. The van der Waals surface area contributed by atoms with Crippen molar-refractivity contribution in [3.05, 3.63) is 47.6 Å². The van der Waals surface area contributed by atoms with Gasteiger partial charge in [-0.3, -0.25) is 0 Å². The Labute approximate surface area is 93.9 Å². The first kappa shape index (κ1) is 10.8. The molecule has 0 atom stereocenters. The molecule has 0 saturated carbocycles. The molecule has 1 aromatic carbocycles. The van der Waals surface area contributed by atoms with Crippen LogP contribution in [0, 0.1) is 0 Å². The van der Waals surface area contributed by atoms with Gasteiger partial charge in [-0.1, -0.05) is 35.5 Å². The van der Waals surface area contributed by atoms with Crippen molar-refractivity contribution in [3.63, 3.8) is 0 Å². The highest BCUT2D eigenvalue weighted by Gasteiger charge is 2.04. The number of aliphatic hydroxyl groups is 1. The van der Waals surface area contributed by atoms with Crippen molar-refractivity contribution in [2.75, 3.05) is 0 Å². The van der Waals surface area contributed by atoms with E-state index >= 15 is 0 Å². The molecule has 0 amide bonds. The van der Waals surface area contributed by atoms with Gasteiger partial charge in [0.25, 0.3) is 0 Å². The van der Waals surface area contributed by atoms with Crippen LogP contribution in [0.4, 0.5) is 0 Å². The van der Waals surface area contributed by atoms with Crippen molar-refractivity contribution < 1.29 is 9.63 Å².